The number of hydrogen-bond acceptors (Lipinski definition) is 4. The first kappa shape index (κ1) is 16.9. The molecule has 0 spiro atoms. The highest BCUT2D eigenvalue weighted by atomic mass is 32.2. The van der Waals surface area contributed by atoms with E-state index in [1.165, 1.54) is 4.90 Å². The van der Waals surface area contributed by atoms with Crippen molar-refractivity contribution in [2.75, 3.05) is 18.6 Å². The minimum atomic E-state index is -3.17. The molecule has 1 fully saturated rings. The number of rotatable bonds is 6. The zero-order valence-corrected chi connectivity index (χ0v) is 13.4. The molecule has 1 N–H and O–H groups in total. The number of amides is 2. The Balaban J connectivity index is 2.93. The fourth-order valence-corrected chi connectivity index (χ4v) is 2.84. The highest BCUT2D eigenvalue weighted by Gasteiger charge is 2.39. The molecular weight excluding hydrogens is 280 g/mol. The van der Waals surface area contributed by atoms with Crippen LogP contribution in [0.15, 0.2) is 0 Å². The zero-order chi connectivity index (χ0) is 15.5. The van der Waals surface area contributed by atoms with E-state index in [0.29, 0.717) is 12.8 Å². The average Bonchev–Trinajstić information content (AvgIpc) is 2.31. The fraction of sp³-hybridized carbons (Fsp3) is 0.846. The lowest BCUT2D eigenvalue weighted by Crippen LogP contribution is -2.64. The Morgan fingerprint density at radius 3 is 2.35 bits per heavy atom. The van der Waals surface area contributed by atoms with E-state index in [0.717, 1.165) is 6.26 Å². The first-order valence-corrected chi connectivity index (χ1v) is 9.00. The quantitative estimate of drug-likeness (QED) is 0.759. The molecule has 0 radical (unpaired) electrons. The fourth-order valence-electron chi connectivity index (χ4n) is 2.31. The van der Waals surface area contributed by atoms with Gasteiger partial charge in [0.25, 0.3) is 0 Å². The van der Waals surface area contributed by atoms with Crippen molar-refractivity contribution in [2.24, 2.45) is 5.92 Å². The number of nitrogens with one attached hydrogen (secondary N) is 1. The molecule has 0 aromatic heterocycles. The lowest BCUT2D eigenvalue weighted by Gasteiger charge is -2.39. The molecule has 2 atom stereocenters. The summed E-state index contributed by atoms with van der Waals surface area (Å²) in [4.78, 5) is 25.9. The Bertz CT molecular complexity index is 473. The molecule has 2 amide bonds. The number of piperazine rings is 1. The molecule has 20 heavy (non-hydrogen) atoms. The van der Waals surface area contributed by atoms with E-state index in [2.05, 4.69) is 5.32 Å². The molecule has 0 aliphatic carbocycles. The molecule has 1 aliphatic heterocycles. The number of carbonyl (C=O) groups excluding carboxylic acids is 2. The molecule has 0 saturated carbocycles. The molecule has 116 valence electrons. The van der Waals surface area contributed by atoms with Crippen molar-refractivity contribution in [2.45, 2.75) is 45.7 Å². The molecule has 1 saturated heterocycles. The normalized spacial score (nSPS) is 24.1. The molecule has 0 bridgehead atoms. The van der Waals surface area contributed by atoms with Gasteiger partial charge < -0.3 is 10.2 Å². The number of sulfone groups is 1. The smallest absolute Gasteiger partial charge is 0.245 e. The van der Waals surface area contributed by atoms with Crippen molar-refractivity contribution < 1.29 is 18.0 Å². The first-order valence-electron chi connectivity index (χ1n) is 6.94. The molecule has 0 aromatic rings. The van der Waals surface area contributed by atoms with Crippen LogP contribution in [0.2, 0.25) is 0 Å². The Morgan fingerprint density at radius 1 is 1.30 bits per heavy atom. The summed E-state index contributed by atoms with van der Waals surface area (Å²) in [7, 11) is -3.17. The highest BCUT2D eigenvalue weighted by Crippen LogP contribution is 2.18. The molecule has 1 rings (SSSR count). The van der Waals surface area contributed by atoms with Gasteiger partial charge in [-0.15, -0.1) is 0 Å². The molecule has 1 aliphatic rings. The van der Waals surface area contributed by atoms with Crippen molar-refractivity contribution in [3.8, 4) is 0 Å². The zero-order valence-electron chi connectivity index (χ0n) is 12.5. The maximum Gasteiger partial charge on any atom is 0.245 e. The van der Waals surface area contributed by atoms with Gasteiger partial charge in [0.15, 0.2) is 0 Å². The van der Waals surface area contributed by atoms with Gasteiger partial charge in [0.1, 0.15) is 21.9 Å². The minimum absolute atomic E-state index is 0.0823. The summed E-state index contributed by atoms with van der Waals surface area (Å²) in [6.07, 6.45) is 2.18. The molecule has 1 heterocycles. The van der Waals surface area contributed by atoms with Gasteiger partial charge >= 0.3 is 0 Å². The first-order chi connectivity index (χ1) is 9.15. The van der Waals surface area contributed by atoms with Crippen LogP contribution >= 0.6 is 0 Å². The summed E-state index contributed by atoms with van der Waals surface area (Å²) in [6.45, 7) is 5.84. The minimum Gasteiger partial charge on any atom is -0.343 e. The third kappa shape index (κ3) is 4.47. The van der Waals surface area contributed by atoms with E-state index in [-0.39, 0.29) is 30.0 Å². The van der Waals surface area contributed by atoms with Crippen LogP contribution in [0, 0.1) is 5.92 Å². The largest absolute Gasteiger partial charge is 0.343 e. The van der Waals surface area contributed by atoms with E-state index in [4.69, 9.17) is 0 Å². The second kappa shape index (κ2) is 6.56. The van der Waals surface area contributed by atoms with Crippen LogP contribution in [0.5, 0.6) is 0 Å². The maximum atomic E-state index is 12.3. The van der Waals surface area contributed by atoms with Crippen LogP contribution < -0.4 is 5.32 Å². The van der Waals surface area contributed by atoms with Crippen molar-refractivity contribution >= 4 is 21.7 Å². The summed E-state index contributed by atoms with van der Waals surface area (Å²) in [5, 5.41) is 2.72. The molecule has 0 aromatic carbocycles. The molecule has 6 nitrogen and oxygen atoms in total. The Morgan fingerprint density at radius 2 is 1.90 bits per heavy atom. The summed E-state index contributed by atoms with van der Waals surface area (Å²) >= 11 is 0. The predicted octanol–water partition coefficient (Wildman–Crippen LogP) is 0.183. The maximum absolute atomic E-state index is 12.3. The summed E-state index contributed by atoms with van der Waals surface area (Å²) in [5.74, 6) is -0.227. The predicted molar refractivity (Wildman–Crippen MR) is 76.9 cm³/mol. The van der Waals surface area contributed by atoms with E-state index < -0.39 is 21.9 Å². The summed E-state index contributed by atoms with van der Waals surface area (Å²) < 4.78 is 22.6. The third-order valence-corrected chi connectivity index (χ3v) is 4.31. The van der Waals surface area contributed by atoms with Crippen molar-refractivity contribution in [1.29, 1.82) is 0 Å². The van der Waals surface area contributed by atoms with Gasteiger partial charge in [-0.3, -0.25) is 9.59 Å². The van der Waals surface area contributed by atoms with Gasteiger partial charge in [0.2, 0.25) is 11.8 Å². The summed E-state index contributed by atoms with van der Waals surface area (Å²) in [6, 6.07) is -1.10. The highest BCUT2D eigenvalue weighted by molar-refractivity contribution is 7.90. The van der Waals surface area contributed by atoms with Crippen molar-refractivity contribution in [3.63, 3.8) is 0 Å². The third-order valence-electron chi connectivity index (χ3n) is 3.38. The van der Waals surface area contributed by atoms with E-state index >= 15 is 0 Å². The Hall–Kier alpha value is -1.11. The van der Waals surface area contributed by atoms with Gasteiger partial charge in [-0.2, -0.15) is 0 Å². The van der Waals surface area contributed by atoms with Crippen LogP contribution in [0.3, 0.4) is 0 Å². The Labute approximate surface area is 120 Å². The van der Waals surface area contributed by atoms with Crippen LogP contribution in [-0.4, -0.2) is 55.8 Å². The van der Waals surface area contributed by atoms with E-state index in [9.17, 15) is 18.0 Å². The summed E-state index contributed by atoms with van der Waals surface area (Å²) in [5.41, 5.74) is 0. The molecule has 7 heteroatoms. The Kier molecular flexibility index (Phi) is 5.56. The second-order valence-corrected chi connectivity index (χ2v) is 8.04. The molecule has 2 unspecified atom stereocenters. The lowest BCUT2D eigenvalue weighted by molar-refractivity contribution is -0.149. The average molecular weight is 304 g/mol. The topological polar surface area (TPSA) is 83.6 Å². The number of nitrogens with zero attached hydrogens (tertiary/aromatic N) is 1. The standard InChI is InChI=1S/C13H24N2O4S/c1-5-10-13(17)15(6-7-20(4,18)19)11(8-9(2)3)12(16)14-10/h9-11H,5-8H2,1-4H3,(H,14,16). The van der Waals surface area contributed by atoms with E-state index in [1.54, 1.807) is 0 Å². The second-order valence-electron chi connectivity index (χ2n) is 5.78. The number of carbonyl (C=O) groups is 2. The van der Waals surface area contributed by atoms with Crippen LogP contribution in [0.25, 0.3) is 0 Å². The number of hydrogen-bond donors (Lipinski definition) is 1. The van der Waals surface area contributed by atoms with Gasteiger partial charge in [0.05, 0.1) is 5.75 Å². The van der Waals surface area contributed by atoms with Gasteiger partial charge in [-0.05, 0) is 18.8 Å². The van der Waals surface area contributed by atoms with Gasteiger partial charge in [-0.25, -0.2) is 8.42 Å². The SMILES string of the molecule is CCC1NC(=O)C(CC(C)C)N(CCS(C)(=O)=O)C1=O. The van der Waals surface area contributed by atoms with Gasteiger partial charge in [0, 0.05) is 12.8 Å². The van der Waals surface area contributed by atoms with Crippen molar-refractivity contribution in [1.82, 2.24) is 10.2 Å². The van der Waals surface area contributed by atoms with E-state index in [1.807, 2.05) is 20.8 Å². The molecular formula is C13H24N2O4S. The van der Waals surface area contributed by atoms with Gasteiger partial charge in [-0.1, -0.05) is 20.8 Å². The van der Waals surface area contributed by atoms with Crippen LogP contribution in [0.4, 0.5) is 0 Å². The van der Waals surface area contributed by atoms with Crippen LogP contribution in [-0.2, 0) is 19.4 Å². The lowest BCUT2D eigenvalue weighted by atomic mass is 9.97. The van der Waals surface area contributed by atoms with Crippen LogP contribution in [0.1, 0.15) is 33.6 Å². The monoisotopic (exact) mass is 304 g/mol. The van der Waals surface area contributed by atoms with Crippen molar-refractivity contribution in [3.05, 3.63) is 0 Å².